The summed E-state index contributed by atoms with van der Waals surface area (Å²) in [7, 11) is 0. The second-order valence-electron chi connectivity index (χ2n) is 1.79. The predicted octanol–water partition coefficient (Wildman–Crippen LogP) is 1.54. The normalized spacial score (nSPS) is 9.27. The van der Waals surface area contributed by atoms with Gasteiger partial charge in [0.05, 0.1) is 11.9 Å². The predicted molar refractivity (Wildman–Crippen MR) is 46.8 cm³/mol. The molecule has 5 heteroatoms. The van der Waals surface area contributed by atoms with Crippen molar-refractivity contribution in [3.05, 3.63) is 23.5 Å². The van der Waals surface area contributed by atoms with Crippen LogP contribution in [0.3, 0.4) is 0 Å². The van der Waals surface area contributed by atoms with E-state index in [9.17, 15) is 4.79 Å². The van der Waals surface area contributed by atoms with Crippen LogP contribution in [0, 0.1) is 0 Å². The van der Waals surface area contributed by atoms with E-state index in [4.69, 9.17) is 11.6 Å². The molecule has 0 aromatic carbocycles. The van der Waals surface area contributed by atoms with E-state index in [1.54, 1.807) is 12.1 Å². The van der Waals surface area contributed by atoms with E-state index in [1.807, 2.05) is 0 Å². The van der Waals surface area contributed by atoms with Crippen LogP contribution in [-0.4, -0.2) is 11.4 Å². The minimum atomic E-state index is 0.390. The monoisotopic (exact) mass is 188 g/mol. The van der Waals surface area contributed by atoms with Crippen LogP contribution >= 0.6 is 24.4 Å². The molecule has 0 saturated carbocycles. The molecule has 58 valence electrons. The molecule has 3 nitrogen and oxygen atoms in total. The summed E-state index contributed by atoms with van der Waals surface area (Å²) >= 11 is 9.35. The average Bonchev–Trinajstić information content (AvgIpc) is 2.05. The van der Waals surface area contributed by atoms with Crippen molar-refractivity contribution in [2.75, 3.05) is 4.31 Å². The molecule has 1 rings (SSSR count). The van der Waals surface area contributed by atoms with Crippen LogP contribution in [0.25, 0.3) is 0 Å². The molecule has 0 aliphatic carbocycles. The molecular formula is C6H5ClN2OS. The van der Waals surface area contributed by atoms with Gasteiger partial charge in [-0.05, 0) is 12.1 Å². The molecule has 0 fully saturated rings. The van der Waals surface area contributed by atoms with Crippen LogP contribution < -0.4 is 4.31 Å². The minimum absolute atomic E-state index is 0.390. The Bertz CT molecular complexity index is 251. The highest BCUT2D eigenvalue weighted by molar-refractivity contribution is 7.82. The Balaban J connectivity index is 2.89. The van der Waals surface area contributed by atoms with Crippen LogP contribution in [0.1, 0.15) is 0 Å². The van der Waals surface area contributed by atoms with E-state index in [0.717, 1.165) is 4.31 Å². The number of aromatic nitrogens is 1. The molecule has 0 atom stereocenters. The zero-order valence-electron chi connectivity index (χ0n) is 5.44. The first-order valence-corrected chi connectivity index (χ1v) is 3.57. The van der Waals surface area contributed by atoms with E-state index in [-0.39, 0.29) is 0 Å². The zero-order chi connectivity index (χ0) is 8.27. The van der Waals surface area contributed by atoms with Gasteiger partial charge < -0.3 is 0 Å². The van der Waals surface area contributed by atoms with Gasteiger partial charge in [0.15, 0.2) is 0 Å². The van der Waals surface area contributed by atoms with Gasteiger partial charge in [-0.2, -0.15) is 0 Å². The van der Waals surface area contributed by atoms with Gasteiger partial charge in [0.25, 0.3) is 0 Å². The molecule has 0 radical (unpaired) electrons. The number of carbonyl (C=O) groups excluding carboxylic acids is 1. The topological polar surface area (TPSA) is 33.2 Å². The van der Waals surface area contributed by atoms with Gasteiger partial charge in [-0.25, -0.2) is 4.98 Å². The smallest absolute Gasteiger partial charge is 0.224 e. The van der Waals surface area contributed by atoms with Crippen LogP contribution in [0.2, 0.25) is 5.15 Å². The fraction of sp³-hybridized carbons (Fsp3) is 0. The number of amides is 1. The maximum absolute atomic E-state index is 10.2. The molecule has 1 amide bonds. The molecule has 1 aromatic heterocycles. The summed E-state index contributed by atoms with van der Waals surface area (Å²) in [5, 5.41) is 0.390. The second kappa shape index (κ2) is 3.59. The molecule has 0 aliphatic heterocycles. The SMILES string of the molecule is O=CN(S)c1ccc(Cl)nc1. The second-order valence-corrected chi connectivity index (χ2v) is 2.61. The average molecular weight is 189 g/mol. The van der Waals surface area contributed by atoms with Crippen molar-refractivity contribution in [3.63, 3.8) is 0 Å². The molecule has 0 N–H and O–H groups in total. The van der Waals surface area contributed by atoms with Gasteiger partial charge >= 0.3 is 0 Å². The van der Waals surface area contributed by atoms with Crippen molar-refractivity contribution in [1.82, 2.24) is 4.98 Å². The largest absolute Gasteiger partial charge is 0.277 e. The van der Waals surface area contributed by atoms with Gasteiger partial charge in [-0.15, -0.1) is 0 Å². The number of hydrogen-bond donors (Lipinski definition) is 1. The molecule has 0 saturated heterocycles. The molecule has 1 heterocycles. The first-order valence-electron chi connectivity index (χ1n) is 2.79. The standard InChI is InChI=1S/C6H5ClN2OS/c7-6-2-1-5(3-8-6)9(11)4-10/h1-4,11H. The lowest BCUT2D eigenvalue weighted by Gasteiger charge is -2.06. The van der Waals surface area contributed by atoms with Crippen LogP contribution in [-0.2, 0) is 4.79 Å². The summed E-state index contributed by atoms with van der Waals surface area (Å²) in [5.41, 5.74) is 0.590. The molecule has 0 unspecified atom stereocenters. The number of anilines is 1. The summed E-state index contributed by atoms with van der Waals surface area (Å²) in [4.78, 5) is 13.9. The van der Waals surface area contributed by atoms with E-state index in [0.29, 0.717) is 17.3 Å². The van der Waals surface area contributed by atoms with Crippen molar-refractivity contribution in [2.24, 2.45) is 0 Å². The van der Waals surface area contributed by atoms with Crippen molar-refractivity contribution < 1.29 is 4.79 Å². The van der Waals surface area contributed by atoms with Gasteiger partial charge in [0.2, 0.25) is 6.41 Å². The fourth-order valence-electron chi connectivity index (χ4n) is 0.564. The lowest BCUT2D eigenvalue weighted by molar-refractivity contribution is -0.106. The third-order valence-electron chi connectivity index (χ3n) is 1.08. The van der Waals surface area contributed by atoms with E-state index in [2.05, 4.69) is 17.8 Å². The number of carbonyl (C=O) groups is 1. The first kappa shape index (κ1) is 8.36. The number of hydrogen-bond acceptors (Lipinski definition) is 3. The third kappa shape index (κ3) is 2.10. The third-order valence-corrected chi connectivity index (χ3v) is 1.62. The first-order chi connectivity index (χ1) is 5.24. The number of pyridine rings is 1. The van der Waals surface area contributed by atoms with Crippen LogP contribution in [0.5, 0.6) is 0 Å². The lowest BCUT2D eigenvalue weighted by Crippen LogP contribution is -2.05. The summed E-state index contributed by atoms with van der Waals surface area (Å²) in [6.45, 7) is 0. The Labute approximate surface area is 74.5 Å². The highest BCUT2D eigenvalue weighted by Crippen LogP contribution is 2.14. The van der Waals surface area contributed by atoms with Gasteiger partial charge in [0, 0.05) is 0 Å². The summed E-state index contributed by atoms with van der Waals surface area (Å²) < 4.78 is 1.11. The molecule has 0 spiro atoms. The Hall–Kier alpha value is -0.740. The van der Waals surface area contributed by atoms with Gasteiger partial charge in [-0.1, -0.05) is 24.4 Å². The van der Waals surface area contributed by atoms with Crippen LogP contribution in [0.15, 0.2) is 18.3 Å². The van der Waals surface area contributed by atoms with E-state index >= 15 is 0 Å². The minimum Gasteiger partial charge on any atom is -0.277 e. The summed E-state index contributed by atoms with van der Waals surface area (Å²) in [6, 6.07) is 3.24. The molecule has 1 aromatic rings. The Morgan fingerprint density at radius 2 is 2.36 bits per heavy atom. The van der Waals surface area contributed by atoms with E-state index in [1.165, 1.54) is 6.20 Å². The Kier molecular flexibility index (Phi) is 2.73. The number of halogens is 1. The van der Waals surface area contributed by atoms with E-state index < -0.39 is 0 Å². The highest BCUT2D eigenvalue weighted by Gasteiger charge is 1.98. The lowest BCUT2D eigenvalue weighted by atomic mass is 10.4. The Morgan fingerprint density at radius 1 is 1.64 bits per heavy atom. The van der Waals surface area contributed by atoms with Crippen molar-refractivity contribution in [2.45, 2.75) is 0 Å². The fourth-order valence-corrected chi connectivity index (χ4v) is 0.794. The molecular weight excluding hydrogens is 184 g/mol. The summed E-state index contributed by atoms with van der Waals surface area (Å²) in [6.07, 6.45) is 2.04. The van der Waals surface area contributed by atoms with Gasteiger partial charge in [0.1, 0.15) is 5.15 Å². The summed E-state index contributed by atoms with van der Waals surface area (Å²) in [5.74, 6) is 0. The van der Waals surface area contributed by atoms with Crippen molar-refractivity contribution in [1.29, 1.82) is 0 Å². The number of thiol groups is 1. The molecule has 0 bridgehead atoms. The van der Waals surface area contributed by atoms with Gasteiger partial charge in [-0.3, -0.25) is 9.10 Å². The molecule has 11 heavy (non-hydrogen) atoms. The zero-order valence-corrected chi connectivity index (χ0v) is 7.09. The van der Waals surface area contributed by atoms with Crippen LogP contribution in [0.4, 0.5) is 5.69 Å². The maximum atomic E-state index is 10.2. The number of nitrogens with zero attached hydrogens (tertiary/aromatic N) is 2. The van der Waals surface area contributed by atoms with Crippen molar-refractivity contribution in [3.8, 4) is 0 Å². The molecule has 0 aliphatic rings. The number of rotatable bonds is 2. The Morgan fingerprint density at radius 3 is 2.82 bits per heavy atom. The quantitative estimate of drug-likeness (QED) is 0.434. The maximum Gasteiger partial charge on any atom is 0.224 e. The van der Waals surface area contributed by atoms with Crippen molar-refractivity contribution >= 4 is 36.5 Å². The highest BCUT2D eigenvalue weighted by atomic mass is 35.5.